The normalized spacial score (nSPS) is 15.2. The van der Waals surface area contributed by atoms with Gasteiger partial charge in [-0.1, -0.05) is 17.3 Å². The molecule has 0 saturated carbocycles. The van der Waals surface area contributed by atoms with E-state index in [4.69, 9.17) is 11.2 Å². The average molecular weight is 499 g/mol. The van der Waals surface area contributed by atoms with Gasteiger partial charge in [-0.05, 0) is 42.5 Å². The van der Waals surface area contributed by atoms with Crippen LogP contribution in [0.5, 0.6) is 0 Å². The van der Waals surface area contributed by atoms with Gasteiger partial charge in [0.05, 0.1) is 34.9 Å². The van der Waals surface area contributed by atoms with Crippen molar-refractivity contribution in [3.05, 3.63) is 52.8 Å². The van der Waals surface area contributed by atoms with E-state index in [2.05, 4.69) is 16.2 Å². The second-order valence-corrected chi connectivity index (χ2v) is 10.4. The monoisotopic (exact) mass is 498 g/mol. The second kappa shape index (κ2) is 9.90. The molecule has 0 atom stereocenters. The van der Waals surface area contributed by atoms with E-state index in [1.165, 1.54) is 46.8 Å². The number of terminal acetylenes is 1. The predicted octanol–water partition coefficient (Wildman–Crippen LogP) is 2.06. The van der Waals surface area contributed by atoms with Crippen LogP contribution in [0.3, 0.4) is 0 Å². The van der Waals surface area contributed by atoms with Crippen molar-refractivity contribution in [3.63, 3.8) is 0 Å². The van der Waals surface area contributed by atoms with E-state index < -0.39 is 15.9 Å². The van der Waals surface area contributed by atoms with Crippen molar-refractivity contribution in [3.8, 4) is 12.3 Å². The number of anilines is 1. The van der Waals surface area contributed by atoms with Crippen LogP contribution in [0.1, 0.15) is 17.3 Å². The van der Waals surface area contributed by atoms with Gasteiger partial charge in [0.1, 0.15) is 0 Å². The number of benzene rings is 2. The zero-order valence-electron chi connectivity index (χ0n) is 18.4. The summed E-state index contributed by atoms with van der Waals surface area (Å²) in [5.41, 5.74) is 1.67. The van der Waals surface area contributed by atoms with Gasteiger partial charge in [-0.2, -0.15) is 9.30 Å². The number of morpholine rings is 1. The molecule has 1 aliphatic heterocycles. The highest BCUT2D eigenvalue weighted by molar-refractivity contribution is 7.89. The van der Waals surface area contributed by atoms with Crippen LogP contribution in [0.25, 0.3) is 10.2 Å². The van der Waals surface area contributed by atoms with Crippen molar-refractivity contribution in [2.75, 3.05) is 31.6 Å². The van der Waals surface area contributed by atoms with Crippen molar-refractivity contribution < 1.29 is 22.7 Å². The molecule has 2 heterocycles. The van der Waals surface area contributed by atoms with Gasteiger partial charge in [-0.25, -0.2) is 8.42 Å². The van der Waals surface area contributed by atoms with Gasteiger partial charge in [-0.15, -0.1) is 6.42 Å². The Labute approximate surface area is 200 Å². The molecule has 1 N–H and O–H groups in total. The summed E-state index contributed by atoms with van der Waals surface area (Å²) in [5.74, 6) is 1.86. The molecule has 0 bridgehead atoms. The molecule has 1 saturated heterocycles. The number of ether oxygens (including phenoxy) is 1. The maximum Gasteiger partial charge on any atom is 0.279 e. The van der Waals surface area contributed by atoms with Crippen molar-refractivity contribution in [1.82, 2.24) is 8.87 Å². The summed E-state index contributed by atoms with van der Waals surface area (Å²) in [4.78, 5) is 29.0. The fourth-order valence-corrected chi connectivity index (χ4v) is 6.02. The van der Waals surface area contributed by atoms with E-state index in [1.807, 2.05) is 6.07 Å². The van der Waals surface area contributed by atoms with Crippen molar-refractivity contribution in [2.45, 2.75) is 18.4 Å². The lowest BCUT2D eigenvalue weighted by Gasteiger charge is -2.26. The van der Waals surface area contributed by atoms with E-state index >= 15 is 0 Å². The van der Waals surface area contributed by atoms with E-state index in [-0.39, 0.29) is 22.9 Å². The summed E-state index contributed by atoms with van der Waals surface area (Å²) in [5, 5.41) is 2.73. The highest BCUT2D eigenvalue weighted by atomic mass is 32.2. The fraction of sp³-hybridized carbons (Fsp3) is 0.261. The number of fused-ring (bicyclic) bond motifs is 1. The minimum absolute atomic E-state index is 0.112. The van der Waals surface area contributed by atoms with Crippen molar-refractivity contribution in [2.24, 2.45) is 4.99 Å². The molecule has 3 aromatic rings. The lowest BCUT2D eigenvalue weighted by atomic mass is 10.2. The summed E-state index contributed by atoms with van der Waals surface area (Å²) in [7, 11) is -3.65. The first kappa shape index (κ1) is 23.8. The molecule has 1 fully saturated rings. The van der Waals surface area contributed by atoms with Crippen LogP contribution in [0, 0.1) is 12.3 Å². The van der Waals surface area contributed by atoms with E-state index in [9.17, 15) is 18.0 Å². The number of thiazole rings is 1. The SMILES string of the molecule is C#CCn1c(=NC(=O)c2ccc(S(=O)(=O)N3CCOCC3)cc2)sc2cc(NC(C)=O)ccc21. The predicted molar refractivity (Wildman–Crippen MR) is 129 cm³/mol. The van der Waals surface area contributed by atoms with E-state index in [1.54, 1.807) is 16.7 Å². The van der Waals surface area contributed by atoms with Gasteiger partial charge in [0.25, 0.3) is 5.91 Å². The summed E-state index contributed by atoms with van der Waals surface area (Å²) < 4.78 is 34.7. The van der Waals surface area contributed by atoms with Crippen LogP contribution in [0.4, 0.5) is 5.69 Å². The first-order valence-electron chi connectivity index (χ1n) is 10.4. The number of nitrogens with zero attached hydrogens (tertiary/aromatic N) is 3. The molecule has 9 nitrogen and oxygen atoms in total. The molecule has 2 amide bonds. The maximum absolute atomic E-state index is 12.9. The lowest BCUT2D eigenvalue weighted by Crippen LogP contribution is -2.40. The maximum atomic E-state index is 12.9. The van der Waals surface area contributed by atoms with Crippen LogP contribution in [-0.2, 0) is 26.1 Å². The van der Waals surface area contributed by atoms with Crippen molar-refractivity contribution in [1.29, 1.82) is 0 Å². The largest absolute Gasteiger partial charge is 0.379 e. The summed E-state index contributed by atoms with van der Waals surface area (Å²) >= 11 is 1.27. The first-order valence-corrected chi connectivity index (χ1v) is 12.7. The minimum Gasteiger partial charge on any atom is -0.379 e. The third kappa shape index (κ3) is 4.95. The molecular formula is C23H22N4O5S2. The Balaban J connectivity index is 1.65. The van der Waals surface area contributed by atoms with Gasteiger partial charge in [0.2, 0.25) is 15.9 Å². The minimum atomic E-state index is -3.65. The molecule has 34 heavy (non-hydrogen) atoms. The number of carbonyl (C=O) groups is 2. The lowest BCUT2D eigenvalue weighted by molar-refractivity contribution is -0.114. The standard InChI is InChI=1S/C23H22N4O5S2/c1-3-10-27-20-9-6-18(24-16(2)28)15-21(20)33-23(27)25-22(29)17-4-7-19(8-5-17)34(30,31)26-11-13-32-14-12-26/h1,4-9,15H,10-14H2,2H3,(H,24,28). The molecule has 0 spiro atoms. The molecule has 0 radical (unpaired) electrons. The summed E-state index contributed by atoms with van der Waals surface area (Å²) in [6, 6.07) is 11.1. The first-order chi connectivity index (χ1) is 16.3. The third-order valence-corrected chi connectivity index (χ3v) is 8.11. The van der Waals surface area contributed by atoms with Crippen LogP contribution >= 0.6 is 11.3 Å². The Morgan fingerprint density at radius 2 is 1.88 bits per heavy atom. The molecule has 11 heteroatoms. The van der Waals surface area contributed by atoms with Gasteiger partial charge in [-0.3, -0.25) is 9.59 Å². The number of carbonyl (C=O) groups excluding carboxylic acids is 2. The molecule has 176 valence electrons. The second-order valence-electron chi connectivity index (χ2n) is 7.50. The Morgan fingerprint density at radius 3 is 2.53 bits per heavy atom. The van der Waals surface area contributed by atoms with Gasteiger partial charge in [0, 0.05) is 31.3 Å². The number of aromatic nitrogens is 1. The highest BCUT2D eigenvalue weighted by Crippen LogP contribution is 2.22. The molecule has 0 unspecified atom stereocenters. The number of rotatable bonds is 5. The number of hydrogen-bond acceptors (Lipinski definition) is 6. The number of sulfonamides is 1. The molecule has 2 aromatic carbocycles. The van der Waals surface area contributed by atoms with E-state index in [0.717, 1.165) is 10.2 Å². The van der Waals surface area contributed by atoms with Crippen LogP contribution in [-0.4, -0.2) is 55.4 Å². The Bertz CT molecular complexity index is 1460. The van der Waals surface area contributed by atoms with Crippen molar-refractivity contribution >= 4 is 49.1 Å². The molecule has 4 rings (SSSR count). The summed E-state index contributed by atoms with van der Waals surface area (Å²) in [6.07, 6.45) is 5.52. The smallest absolute Gasteiger partial charge is 0.279 e. The Morgan fingerprint density at radius 1 is 1.18 bits per heavy atom. The Kier molecular flexibility index (Phi) is 6.95. The number of nitrogens with one attached hydrogen (secondary N) is 1. The topological polar surface area (TPSA) is 110 Å². The third-order valence-electron chi connectivity index (χ3n) is 5.16. The molecule has 0 aliphatic carbocycles. The fourth-order valence-electron chi connectivity index (χ4n) is 3.54. The van der Waals surface area contributed by atoms with Crippen LogP contribution < -0.4 is 10.1 Å². The average Bonchev–Trinajstić information content (AvgIpc) is 3.15. The zero-order chi connectivity index (χ0) is 24.3. The summed E-state index contributed by atoms with van der Waals surface area (Å²) in [6.45, 7) is 2.93. The molecule has 1 aromatic heterocycles. The van der Waals surface area contributed by atoms with Gasteiger partial charge < -0.3 is 14.6 Å². The van der Waals surface area contributed by atoms with Gasteiger partial charge in [0.15, 0.2) is 4.80 Å². The van der Waals surface area contributed by atoms with Gasteiger partial charge >= 0.3 is 0 Å². The molecular weight excluding hydrogens is 476 g/mol. The quantitative estimate of drug-likeness (QED) is 0.542. The zero-order valence-corrected chi connectivity index (χ0v) is 20.0. The molecule has 1 aliphatic rings. The van der Waals surface area contributed by atoms with E-state index in [0.29, 0.717) is 36.8 Å². The number of hydrogen-bond donors (Lipinski definition) is 1. The highest BCUT2D eigenvalue weighted by Gasteiger charge is 2.26. The number of amides is 2. The Hall–Kier alpha value is -3.30. The van der Waals surface area contributed by atoms with Crippen LogP contribution in [0.15, 0.2) is 52.4 Å². The van der Waals surface area contributed by atoms with Crippen LogP contribution in [0.2, 0.25) is 0 Å².